The zero-order chi connectivity index (χ0) is 13.4. The molecule has 108 valence electrons. The SMILES string of the molecule is CCCC1CCC(N)C(SCCN(CC)CC)C1. The van der Waals surface area contributed by atoms with Crippen LogP contribution in [-0.4, -0.2) is 41.6 Å². The van der Waals surface area contributed by atoms with Gasteiger partial charge in [-0.15, -0.1) is 0 Å². The Bertz CT molecular complexity index is 207. The molecule has 2 N–H and O–H groups in total. The number of hydrogen-bond acceptors (Lipinski definition) is 3. The highest BCUT2D eigenvalue weighted by Crippen LogP contribution is 2.33. The quantitative estimate of drug-likeness (QED) is 0.734. The molecule has 0 spiro atoms. The Morgan fingerprint density at radius 1 is 1.17 bits per heavy atom. The van der Waals surface area contributed by atoms with Gasteiger partial charge in [-0.05, 0) is 38.3 Å². The molecule has 1 aliphatic rings. The van der Waals surface area contributed by atoms with E-state index >= 15 is 0 Å². The van der Waals surface area contributed by atoms with E-state index in [4.69, 9.17) is 5.73 Å². The van der Waals surface area contributed by atoms with Gasteiger partial charge in [0.2, 0.25) is 0 Å². The summed E-state index contributed by atoms with van der Waals surface area (Å²) in [5.41, 5.74) is 6.28. The van der Waals surface area contributed by atoms with Gasteiger partial charge in [-0.1, -0.05) is 33.6 Å². The van der Waals surface area contributed by atoms with Crippen LogP contribution in [0.5, 0.6) is 0 Å². The molecule has 0 bridgehead atoms. The van der Waals surface area contributed by atoms with E-state index in [2.05, 4.69) is 37.4 Å². The first-order chi connectivity index (χ1) is 8.71. The molecule has 0 aromatic heterocycles. The Balaban J connectivity index is 2.26. The van der Waals surface area contributed by atoms with Crippen LogP contribution in [0.3, 0.4) is 0 Å². The second-order valence-corrected chi connectivity index (χ2v) is 6.91. The largest absolute Gasteiger partial charge is 0.327 e. The van der Waals surface area contributed by atoms with Crippen molar-refractivity contribution in [1.82, 2.24) is 4.90 Å². The van der Waals surface area contributed by atoms with E-state index in [9.17, 15) is 0 Å². The summed E-state index contributed by atoms with van der Waals surface area (Å²) in [6.07, 6.45) is 6.70. The molecule has 0 radical (unpaired) electrons. The van der Waals surface area contributed by atoms with Crippen LogP contribution in [0.15, 0.2) is 0 Å². The molecule has 1 aliphatic carbocycles. The van der Waals surface area contributed by atoms with Gasteiger partial charge in [0.15, 0.2) is 0 Å². The van der Waals surface area contributed by atoms with Gasteiger partial charge in [0.1, 0.15) is 0 Å². The summed E-state index contributed by atoms with van der Waals surface area (Å²) in [4.78, 5) is 2.50. The van der Waals surface area contributed by atoms with Gasteiger partial charge >= 0.3 is 0 Å². The normalized spacial score (nSPS) is 28.8. The highest BCUT2D eigenvalue weighted by molar-refractivity contribution is 8.00. The first-order valence-electron chi connectivity index (χ1n) is 7.80. The van der Waals surface area contributed by atoms with Crippen LogP contribution in [0.2, 0.25) is 0 Å². The molecule has 18 heavy (non-hydrogen) atoms. The van der Waals surface area contributed by atoms with Crippen molar-refractivity contribution in [3.05, 3.63) is 0 Å². The Labute approximate surface area is 118 Å². The maximum atomic E-state index is 6.28. The number of hydrogen-bond donors (Lipinski definition) is 1. The first-order valence-corrected chi connectivity index (χ1v) is 8.85. The summed E-state index contributed by atoms with van der Waals surface area (Å²) in [5, 5.41) is 0.714. The summed E-state index contributed by atoms with van der Waals surface area (Å²) >= 11 is 2.13. The smallest absolute Gasteiger partial charge is 0.0202 e. The first kappa shape index (κ1) is 16.3. The summed E-state index contributed by atoms with van der Waals surface area (Å²) in [5.74, 6) is 2.19. The molecule has 2 nitrogen and oxygen atoms in total. The molecule has 3 unspecified atom stereocenters. The fraction of sp³-hybridized carbons (Fsp3) is 1.00. The Hall–Kier alpha value is 0.270. The lowest BCUT2D eigenvalue weighted by Crippen LogP contribution is -2.39. The van der Waals surface area contributed by atoms with Crippen LogP contribution in [-0.2, 0) is 0 Å². The van der Waals surface area contributed by atoms with Crippen LogP contribution in [0.25, 0.3) is 0 Å². The third-order valence-electron chi connectivity index (χ3n) is 4.28. The van der Waals surface area contributed by atoms with Crippen LogP contribution < -0.4 is 5.73 Å². The van der Waals surface area contributed by atoms with Crippen molar-refractivity contribution < 1.29 is 0 Å². The second kappa shape index (κ2) is 9.22. The highest BCUT2D eigenvalue weighted by Gasteiger charge is 2.27. The lowest BCUT2D eigenvalue weighted by atomic mass is 9.83. The molecule has 0 saturated heterocycles. The molecule has 1 saturated carbocycles. The van der Waals surface area contributed by atoms with Crippen molar-refractivity contribution in [2.75, 3.05) is 25.4 Å². The van der Waals surface area contributed by atoms with Crippen LogP contribution in [0.1, 0.15) is 52.9 Å². The van der Waals surface area contributed by atoms with Gasteiger partial charge < -0.3 is 10.6 Å². The van der Waals surface area contributed by atoms with E-state index in [1.807, 2.05) is 0 Å². The summed E-state index contributed by atoms with van der Waals surface area (Å²) in [7, 11) is 0. The minimum atomic E-state index is 0.444. The third kappa shape index (κ3) is 5.50. The summed E-state index contributed by atoms with van der Waals surface area (Å²) in [6, 6.07) is 0.444. The van der Waals surface area contributed by atoms with Gasteiger partial charge in [-0.3, -0.25) is 0 Å². The molecule has 0 aromatic carbocycles. The van der Waals surface area contributed by atoms with Gasteiger partial charge in [0.25, 0.3) is 0 Å². The molecule has 0 amide bonds. The van der Waals surface area contributed by atoms with Crippen LogP contribution >= 0.6 is 11.8 Å². The summed E-state index contributed by atoms with van der Waals surface area (Å²) < 4.78 is 0. The monoisotopic (exact) mass is 272 g/mol. The number of rotatable bonds is 8. The van der Waals surface area contributed by atoms with E-state index < -0.39 is 0 Å². The maximum Gasteiger partial charge on any atom is 0.0202 e. The van der Waals surface area contributed by atoms with Crippen molar-refractivity contribution in [2.24, 2.45) is 11.7 Å². The molecule has 0 aromatic rings. The number of nitrogens with zero attached hydrogens (tertiary/aromatic N) is 1. The van der Waals surface area contributed by atoms with Crippen molar-refractivity contribution in [2.45, 2.75) is 64.2 Å². The van der Waals surface area contributed by atoms with E-state index in [0.29, 0.717) is 11.3 Å². The Morgan fingerprint density at radius 2 is 1.89 bits per heavy atom. The minimum absolute atomic E-state index is 0.444. The number of thioether (sulfide) groups is 1. The lowest BCUT2D eigenvalue weighted by molar-refractivity contribution is 0.313. The van der Waals surface area contributed by atoms with Crippen LogP contribution in [0, 0.1) is 5.92 Å². The number of nitrogens with two attached hydrogens (primary N) is 1. The standard InChI is InChI=1S/C15H32N2S/c1-4-7-13-8-9-14(16)15(12-13)18-11-10-17(5-2)6-3/h13-15H,4-12,16H2,1-3H3. The Kier molecular flexibility index (Phi) is 8.36. The molecule has 0 aliphatic heterocycles. The predicted molar refractivity (Wildman–Crippen MR) is 84.3 cm³/mol. The lowest BCUT2D eigenvalue weighted by Gasteiger charge is -2.34. The molecule has 0 heterocycles. The molecule has 3 heteroatoms. The fourth-order valence-corrected chi connectivity index (χ4v) is 4.43. The zero-order valence-corrected chi connectivity index (χ0v) is 13.3. The third-order valence-corrected chi connectivity index (χ3v) is 5.67. The molecular formula is C15H32N2S. The fourth-order valence-electron chi connectivity index (χ4n) is 2.97. The van der Waals surface area contributed by atoms with Crippen molar-refractivity contribution in [3.63, 3.8) is 0 Å². The molecule has 1 fully saturated rings. The van der Waals surface area contributed by atoms with Gasteiger partial charge in [-0.25, -0.2) is 0 Å². The van der Waals surface area contributed by atoms with Crippen LogP contribution in [0.4, 0.5) is 0 Å². The van der Waals surface area contributed by atoms with E-state index in [-0.39, 0.29) is 0 Å². The van der Waals surface area contributed by atoms with Gasteiger partial charge in [-0.2, -0.15) is 11.8 Å². The zero-order valence-electron chi connectivity index (χ0n) is 12.5. The van der Waals surface area contributed by atoms with Crippen molar-refractivity contribution >= 4 is 11.8 Å². The van der Waals surface area contributed by atoms with Gasteiger partial charge in [0.05, 0.1) is 0 Å². The van der Waals surface area contributed by atoms with Gasteiger partial charge in [0, 0.05) is 23.6 Å². The summed E-state index contributed by atoms with van der Waals surface area (Å²) in [6.45, 7) is 10.4. The van der Waals surface area contributed by atoms with E-state index in [1.165, 1.54) is 57.5 Å². The average Bonchev–Trinajstić information content (AvgIpc) is 2.38. The predicted octanol–water partition coefficient (Wildman–Crippen LogP) is 3.36. The molecule has 1 rings (SSSR count). The molecule has 3 atom stereocenters. The minimum Gasteiger partial charge on any atom is -0.327 e. The average molecular weight is 273 g/mol. The van der Waals surface area contributed by atoms with Crippen molar-refractivity contribution in [1.29, 1.82) is 0 Å². The topological polar surface area (TPSA) is 29.3 Å². The van der Waals surface area contributed by atoms with E-state index in [0.717, 1.165) is 5.92 Å². The molecular weight excluding hydrogens is 240 g/mol. The second-order valence-electron chi connectivity index (χ2n) is 5.57. The Morgan fingerprint density at radius 3 is 2.50 bits per heavy atom. The van der Waals surface area contributed by atoms with E-state index in [1.54, 1.807) is 0 Å². The highest BCUT2D eigenvalue weighted by atomic mass is 32.2. The van der Waals surface area contributed by atoms with Crippen molar-refractivity contribution in [3.8, 4) is 0 Å². The maximum absolute atomic E-state index is 6.28.